The van der Waals surface area contributed by atoms with E-state index in [0.29, 0.717) is 32.5 Å². The number of hydrogen-bond acceptors (Lipinski definition) is 7. The first-order chi connectivity index (χ1) is 19.1. The van der Waals surface area contributed by atoms with Crippen LogP contribution < -0.4 is 10.6 Å². The van der Waals surface area contributed by atoms with E-state index in [0.717, 1.165) is 50.2 Å². The molecule has 1 amide bonds. The van der Waals surface area contributed by atoms with E-state index in [-0.39, 0.29) is 19.0 Å². The number of halogens is 4. The second-order valence-electron chi connectivity index (χ2n) is 9.54. The van der Waals surface area contributed by atoms with Crippen LogP contribution in [0.5, 0.6) is 0 Å². The number of ether oxygens (including phenoxy) is 1. The Balaban J connectivity index is 1.56. The Hall–Kier alpha value is -3.32. The number of amides is 1. The summed E-state index contributed by atoms with van der Waals surface area (Å²) < 4.78 is 58.6. The Labute approximate surface area is 230 Å². The maximum absolute atomic E-state index is 13.3. The van der Waals surface area contributed by atoms with Gasteiger partial charge in [0.15, 0.2) is 0 Å². The summed E-state index contributed by atoms with van der Waals surface area (Å²) in [5.41, 5.74) is -0.437. The number of nitrogens with zero attached hydrogens (tertiary/aromatic N) is 3. The van der Waals surface area contributed by atoms with Gasteiger partial charge in [-0.15, -0.1) is 0 Å². The number of carboxylic acids is 1. The summed E-state index contributed by atoms with van der Waals surface area (Å²) in [6.07, 6.45) is -0.0689. The van der Waals surface area contributed by atoms with Gasteiger partial charge in [-0.1, -0.05) is 6.07 Å². The molecular formula is C27H35F4N5O4. The van der Waals surface area contributed by atoms with Crippen LogP contribution in [0.4, 0.5) is 23.4 Å². The van der Waals surface area contributed by atoms with Crippen molar-refractivity contribution in [3.63, 3.8) is 0 Å². The van der Waals surface area contributed by atoms with Crippen LogP contribution in [0, 0.1) is 5.82 Å². The third kappa shape index (κ3) is 9.40. The van der Waals surface area contributed by atoms with Gasteiger partial charge in [0, 0.05) is 31.9 Å². The van der Waals surface area contributed by atoms with Gasteiger partial charge in [-0.05, 0) is 69.7 Å². The summed E-state index contributed by atoms with van der Waals surface area (Å²) in [4.78, 5) is 34.3. The molecule has 1 unspecified atom stereocenters. The molecule has 0 saturated heterocycles. The second-order valence-corrected chi connectivity index (χ2v) is 9.54. The number of carbonyl (C=O) groups is 2. The molecule has 0 aromatic carbocycles. The topological polar surface area (TPSA) is 117 Å². The predicted molar refractivity (Wildman–Crippen MR) is 140 cm³/mol. The van der Waals surface area contributed by atoms with E-state index in [9.17, 15) is 32.3 Å². The lowest BCUT2D eigenvalue weighted by Crippen LogP contribution is -2.44. The van der Waals surface area contributed by atoms with Crippen molar-refractivity contribution in [2.75, 3.05) is 44.7 Å². The lowest BCUT2D eigenvalue weighted by molar-refractivity contribution is -0.139. The van der Waals surface area contributed by atoms with Gasteiger partial charge in [0.2, 0.25) is 0 Å². The summed E-state index contributed by atoms with van der Waals surface area (Å²) in [7, 11) is 0. The minimum atomic E-state index is -5.04. The molecule has 0 aliphatic carbocycles. The molecule has 0 bridgehead atoms. The van der Waals surface area contributed by atoms with E-state index in [2.05, 4.69) is 21.7 Å². The van der Waals surface area contributed by atoms with Crippen LogP contribution >= 0.6 is 0 Å². The quantitative estimate of drug-likeness (QED) is 0.218. The standard InChI is InChI=1S/C27H35F4N5O4/c1-2-40-15-14-36(12-4-3-7-20-9-8-18-6-5-11-32-24(18)34-20)13-10-22(26(38)39)35-25(37)23-21(27(29,30)31)16-19(28)17-33-23/h8-9,16-17,22H,2-7,10-15H2,1H3,(H,32,34)(H,35,37)(H,38,39). The van der Waals surface area contributed by atoms with Crippen LogP contribution in [-0.2, 0) is 28.5 Å². The van der Waals surface area contributed by atoms with Crippen molar-refractivity contribution < 1.29 is 37.0 Å². The van der Waals surface area contributed by atoms with E-state index < -0.39 is 41.2 Å². The smallest absolute Gasteiger partial charge is 0.418 e. The zero-order chi connectivity index (χ0) is 29.1. The summed E-state index contributed by atoms with van der Waals surface area (Å²) in [5, 5.41) is 15.1. The highest BCUT2D eigenvalue weighted by Gasteiger charge is 2.37. The van der Waals surface area contributed by atoms with E-state index in [4.69, 9.17) is 9.72 Å². The molecule has 3 rings (SSSR count). The van der Waals surface area contributed by atoms with E-state index in [1.807, 2.05) is 17.9 Å². The number of rotatable bonds is 15. The largest absolute Gasteiger partial charge is 0.480 e. The van der Waals surface area contributed by atoms with Crippen molar-refractivity contribution in [1.82, 2.24) is 20.2 Å². The second kappa shape index (κ2) is 14.9. The molecule has 1 aliphatic heterocycles. The van der Waals surface area contributed by atoms with Gasteiger partial charge in [-0.3, -0.25) is 4.79 Å². The Morgan fingerprint density at radius 2 is 2.02 bits per heavy atom. The molecule has 3 heterocycles. The predicted octanol–water partition coefficient (Wildman–Crippen LogP) is 3.93. The number of aromatic nitrogens is 2. The van der Waals surface area contributed by atoms with Crippen molar-refractivity contribution in [2.45, 2.75) is 57.7 Å². The van der Waals surface area contributed by atoms with Gasteiger partial charge >= 0.3 is 12.1 Å². The molecule has 0 spiro atoms. The van der Waals surface area contributed by atoms with Crippen LogP contribution in [0.15, 0.2) is 24.4 Å². The first-order valence-corrected chi connectivity index (χ1v) is 13.4. The van der Waals surface area contributed by atoms with E-state index in [1.165, 1.54) is 5.56 Å². The fraction of sp³-hybridized carbons (Fsp3) is 0.556. The minimum absolute atomic E-state index is 0.0617. The zero-order valence-corrected chi connectivity index (χ0v) is 22.4. The van der Waals surface area contributed by atoms with Crippen molar-refractivity contribution in [2.24, 2.45) is 0 Å². The molecule has 13 heteroatoms. The monoisotopic (exact) mass is 569 g/mol. The van der Waals surface area contributed by atoms with E-state index in [1.54, 1.807) is 0 Å². The average Bonchev–Trinajstić information content (AvgIpc) is 2.92. The number of carboxylic acid groups (broad SMARTS) is 1. The molecule has 0 saturated carbocycles. The highest BCUT2D eigenvalue weighted by Crippen LogP contribution is 2.31. The number of alkyl halides is 3. The highest BCUT2D eigenvalue weighted by molar-refractivity contribution is 5.96. The van der Waals surface area contributed by atoms with Gasteiger partial charge in [0.25, 0.3) is 5.91 Å². The van der Waals surface area contributed by atoms with Crippen molar-refractivity contribution >= 4 is 17.7 Å². The number of carbonyl (C=O) groups excluding carboxylic acids is 1. The molecule has 1 atom stereocenters. The normalized spacial score (nSPS) is 13.9. The number of anilines is 1. The molecule has 2 aromatic rings. The highest BCUT2D eigenvalue weighted by atomic mass is 19.4. The Kier molecular flexibility index (Phi) is 11.6. The summed E-state index contributed by atoms with van der Waals surface area (Å²) >= 11 is 0. The first-order valence-electron chi connectivity index (χ1n) is 13.4. The Morgan fingerprint density at radius 3 is 2.75 bits per heavy atom. The molecular weight excluding hydrogens is 534 g/mol. The third-order valence-electron chi connectivity index (χ3n) is 6.58. The van der Waals surface area contributed by atoms with Crippen molar-refractivity contribution in [3.05, 3.63) is 52.7 Å². The Bertz CT molecular complexity index is 1150. The number of fused-ring (bicyclic) bond motifs is 1. The maximum Gasteiger partial charge on any atom is 0.418 e. The number of nitrogens with one attached hydrogen (secondary N) is 2. The van der Waals surface area contributed by atoms with Gasteiger partial charge < -0.3 is 25.4 Å². The lowest BCUT2D eigenvalue weighted by atomic mass is 10.1. The Morgan fingerprint density at radius 1 is 1.23 bits per heavy atom. The van der Waals surface area contributed by atoms with Crippen molar-refractivity contribution in [1.29, 1.82) is 0 Å². The number of aryl methyl sites for hydroxylation is 2. The summed E-state index contributed by atoms with van der Waals surface area (Å²) in [5.74, 6) is -3.06. The van der Waals surface area contributed by atoms with Gasteiger partial charge in [-0.25, -0.2) is 19.2 Å². The molecule has 1 aliphatic rings. The van der Waals surface area contributed by atoms with Crippen molar-refractivity contribution in [3.8, 4) is 0 Å². The number of aliphatic carboxylic acids is 1. The lowest BCUT2D eigenvalue weighted by Gasteiger charge is -2.24. The molecule has 3 N–H and O–H groups in total. The van der Waals surface area contributed by atoms with Gasteiger partial charge in [0.05, 0.1) is 18.4 Å². The van der Waals surface area contributed by atoms with Crippen LogP contribution in [0.25, 0.3) is 0 Å². The number of unbranched alkanes of at least 4 members (excludes halogenated alkanes) is 1. The fourth-order valence-corrected chi connectivity index (χ4v) is 4.45. The molecule has 9 nitrogen and oxygen atoms in total. The van der Waals surface area contributed by atoms with Crippen LogP contribution in [-0.4, -0.2) is 77.3 Å². The maximum atomic E-state index is 13.3. The molecule has 40 heavy (non-hydrogen) atoms. The molecule has 220 valence electrons. The van der Waals surface area contributed by atoms with Gasteiger partial charge in [-0.2, -0.15) is 13.2 Å². The molecule has 0 fully saturated rings. The number of hydrogen-bond donors (Lipinski definition) is 3. The van der Waals surface area contributed by atoms with E-state index >= 15 is 0 Å². The zero-order valence-electron chi connectivity index (χ0n) is 22.4. The van der Waals surface area contributed by atoms with Crippen LogP contribution in [0.3, 0.4) is 0 Å². The SMILES string of the molecule is CCOCCN(CCCCc1ccc2c(n1)NCCC2)CCC(NC(=O)c1ncc(F)cc1C(F)(F)F)C(=O)O. The minimum Gasteiger partial charge on any atom is -0.480 e. The molecule has 0 radical (unpaired) electrons. The third-order valence-corrected chi connectivity index (χ3v) is 6.58. The number of pyridine rings is 2. The summed E-state index contributed by atoms with van der Waals surface area (Å²) in [6, 6.07) is 2.84. The van der Waals surface area contributed by atoms with Gasteiger partial charge in [0.1, 0.15) is 23.4 Å². The first kappa shape index (κ1) is 31.2. The molecule has 2 aromatic heterocycles. The van der Waals surface area contributed by atoms with Crippen LogP contribution in [0.1, 0.15) is 59.9 Å². The van der Waals surface area contributed by atoms with Crippen LogP contribution in [0.2, 0.25) is 0 Å². The fourth-order valence-electron chi connectivity index (χ4n) is 4.45. The average molecular weight is 570 g/mol. The summed E-state index contributed by atoms with van der Waals surface area (Å²) in [6.45, 7) is 5.13.